The number of oxime groups is 1. The fourth-order valence-electron chi connectivity index (χ4n) is 1.20. The van der Waals surface area contributed by atoms with Crippen molar-refractivity contribution in [1.29, 1.82) is 0 Å². The summed E-state index contributed by atoms with van der Waals surface area (Å²) in [7, 11) is -0.707. The molecule has 1 aromatic rings. The van der Waals surface area contributed by atoms with Crippen LogP contribution < -0.4 is 5.38 Å². The summed E-state index contributed by atoms with van der Waals surface area (Å²) in [6, 6.07) is 2.84. The van der Waals surface area contributed by atoms with Crippen LogP contribution in [0.4, 0.5) is 13.2 Å². The summed E-state index contributed by atoms with van der Waals surface area (Å²) in [5, 5.41) is 3.57. The smallest absolute Gasteiger partial charge is 0.440 e. The number of nitrogens with zero attached hydrogens (tertiary/aromatic N) is 1. The van der Waals surface area contributed by atoms with Gasteiger partial charge in [0.05, 0.1) is 5.38 Å². The fourth-order valence-corrected chi connectivity index (χ4v) is 2.20. The monoisotopic (exact) mass is 265 g/mol. The molecular formula is C10H14F3NO2Si. The van der Waals surface area contributed by atoms with Crippen molar-refractivity contribution >= 4 is 19.2 Å². The average Bonchev–Trinajstić information content (AvgIpc) is 2.59. The SMILES string of the molecule is CO/N=C(/c1ccc([Si](C)(C)C)o1)C(F)(F)F. The summed E-state index contributed by atoms with van der Waals surface area (Å²) in [6.45, 7) is 5.95. The Morgan fingerprint density at radius 2 is 1.88 bits per heavy atom. The van der Waals surface area contributed by atoms with E-state index in [1.165, 1.54) is 6.07 Å². The molecule has 0 N–H and O–H groups in total. The quantitative estimate of drug-likeness (QED) is 0.478. The highest BCUT2D eigenvalue weighted by molar-refractivity contribution is 6.87. The molecule has 0 radical (unpaired) electrons. The Morgan fingerprint density at radius 1 is 1.29 bits per heavy atom. The van der Waals surface area contributed by atoms with Crippen LogP contribution in [0.15, 0.2) is 21.7 Å². The van der Waals surface area contributed by atoms with Gasteiger partial charge < -0.3 is 9.25 Å². The molecule has 0 aliphatic carbocycles. The van der Waals surface area contributed by atoms with Crippen molar-refractivity contribution in [3.05, 3.63) is 17.9 Å². The molecule has 0 amide bonds. The van der Waals surface area contributed by atoms with Crippen molar-refractivity contribution in [2.75, 3.05) is 7.11 Å². The highest BCUT2D eigenvalue weighted by Crippen LogP contribution is 2.23. The van der Waals surface area contributed by atoms with Gasteiger partial charge >= 0.3 is 6.18 Å². The molecule has 0 aliphatic heterocycles. The van der Waals surface area contributed by atoms with Crippen LogP contribution >= 0.6 is 0 Å². The molecular weight excluding hydrogens is 251 g/mol. The number of furan rings is 1. The molecule has 1 rings (SSSR count). The fraction of sp³-hybridized carbons (Fsp3) is 0.500. The van der Waals surface area contributed by atoms with E-state index < -0.39 is 20.0 Å². The first kappa shape index (κ1) is 13.8. The van der Waals surface area contributed by atoms with E-state index in [2.05, 4.69) is 9.99 Å². The molecule has 7 heteroatoms. The van der Waals surface area contributed by atoms with Gasteiger partial charge in [-0.3, -0.25) is 0 Å². The van der Waals surface area contributed by atoms with Gasteiger partial charge in [-0.05, 0) is 12.1 Å². The summed E-state index contributed by atoms with van der Waals surface area (Å²) in [4.78, 5) is 4.20. The standard InChI is InChI=1S/C10H14F3NO2Si/c1-15-14-9(10(11,12)13)7-5-6-8(16-7)17(2,3)4/h5-6H,1-4H3/b14-9-. The molecule has 0 spiro atoms. The molecule has 0 aromatic carbocycles. The van der Waals surface area contributed by atoms with Gasteiger partial charge in [0, 0.05) is 0 Å². The van der Waals surface area contributed by atoms with Crippen LogP contribution in [0.2, 0.25) is 19.6 Å². The topological polar surface area (TPSA) is 34.7 Å². The molecule has 1 aromatic heterocycles. The van der Waals surface area contributed by atoms with Crippen molar-refractivity contribution in [2.24, 2.45) is 5.16 Å². The minimum atomic E-state index is -4.59. The lowest BCUT2D eigenvalue weighted by molar-refractivity contribution is -0.0616. The average molecular weight is 265 g/mol. The largest absolute Gasteiger partial charge is 0.464 e. The third-order valence-electron chi connectivity index (χ3n) is 2.03. The first-order valence-electron chi connectivity index (χ1n) is 4.95. The van der Waals surface area contributed by atoms with Crippen LogP contribution in [-0.2, 0) is 4.84 Å². The van der Waals surface area contributed by atoms with Crippen molar-refractivity contribution in [3.63, 3.8) is 0 Å². The molecule has 0 saturated carbocycles. The number of alkyl halides is 3. The molecule has 96 valence electrons. The summed E-state index contributed by atoms with van der Waals surface area (Å²) in [5.41, 5.74) is -1.15. The molecule has 0 aliphatic rings. The zero-order chi connectivity index (χ0) is 13.3. The van der Waals surface area contributed by atoms with Crippen molar-refractivity contribution in [2.45, 2.75) is 25.8 Å². The van der Waals surface area contributed by atoms with Crippen LogP contribution in [0.5, 0.6) is 0 Å². The second-order valence-electron chi connectivity index (χ2n) is 4.53. The second-order valence-corrected chi connectivity index (χ2v) is 9.53. The summed E-state index contributed by atoms with van der Waals surface area (Å²) < 4.78 is 43.1. The highest BCUT2D eigenvalue weighted by atomic mass is 28.3. The maximum absolute atomic E-state index is 12.6. The van der Waals surface area contributed by atoms with Gasteiger partial charge in [0.15, 0.2) is 5.76 Å². The molecule has 1 heterocycles. The zero-order valence-electron chi connectivity index (χ0n) is 10.1. The molecule has 0 atom stereocenters. The normalized spacial score (nSPS) is 13.9. The Morgan fingerprint density at radius 3 is 2.24 bits per heavy atom. The van der Waals surface area contributed by atoms with E-state index in [1.54, 1.807) is 6.07 Å². The molecule has 0 saturated heterocycles. The van der Waals surface area contributed by atoms with Crippen LogP contribution in [0.25, 0.3) is 0 Å². The number of hydrogen-bond donors (Lipinski definition) is 0. The minimum Gasteiger partial charge on any atom is -0.464 e. The van der Waals surface area contributed by atoms with E-state index >= 15 is 0 Å². The van der Waals surface area contributed by atoms with E-state index in [4.69, 9.17) is 4.42 Å². The van der Waals surface area contributed by atoms with Crippen molar-refractivity contribution in [3.8, 4) is 0 Å². The molecule has 3 nitrogen and oxygen atoms in total. The highest BCUT2D eigenvalue weighted by Gasteiger charge is 2.40. The van der Waals surface area contributed by atoms with Gasteiger partial charge in [0.25, 0.3) is 0 Å². The predicted molar refractivity (Wildman–Crippen MR) is 61.3 cm³/mol. The molecule has 0 unspecified atom stereocenters. The predicted octanol–water partition coefficient (Wildman–Crippen LogP) is 2.74. The Hall–Kier alpha value is -1.24. The first-order chi connectivity index (χ1) is 7.66. The van der Waals surface area contributed by atoms with Crippen LogP contribution in [0, 0.1) is 0 Å². The number of rotatable bonds is 3. The Kier molecular flexibility index (Phi) is 3.70. The number of halogens is 3. The lowest BCUT2D eigenvalue weighted by Crippen LogP contribution is -2.36. The van der Waals surface area contributed by atoms with E-state index in [0.717, 1.165) is 7.11 Å². The maximum atomic E-state index is 12.6. The number of hydrogen-bond acceptors (Lipinski definition) is 3. The Labute approximate surface area is 98.3 Å². The first-order valence-corrected chi connectivity index (χ1v) is 8.45. The molecule has 0 fully saturated rings. The molecule has 0 bridgehead atoms. The zero-order valence-corrected chi connectivity index (χ0v) is 11.1. The lowest BCUT2D eigenvalue weighted by atomic mass is 10.3. The van der Waals surface area contributed by atoms with Crippen LogP contribution in [-0.4, -0.2) is 27.1 Å². The van der Waals surface area contributed by atoms with Gasteiger partial charge in [-0.25, -0.2) is 0 Å². The van der Waals surface area contributed by atoms with E-state index in [0.29, 0.717) is 5.38 Å². The summed E-state index contributed by atoms with van der Waals surface area (Å²) in [6.07, 6.45) is -4.59. The Balaban J connectivity index is 3.15. The van der Waals surface area contributed by atoms with Gasteiger partial charge in [-0.15, -0.1) is 0 Å². The third kappa shape index (κ3) is 3.35. The lowest BCUT2D eigenvalue weighted by Gasteiger charge is -2.12. The van der Waals surface area contributed by atoms with Crippen LogP contribution in [0.3, 0.4) is 0 Å². The van der Waals surface area contributed by atoms with Gasteiger partial charge in [-0.1, -0.05) is 24.8 Å². The summed E-state index contributed by atoms with van der Waals surface area (Å²) in [5.74, 6) is -0.309. The second kappa shape index (κ2) is 4.56. The molecule has 17 heavy (non-hydrogen) atoms. The van der Waals surface area contributed by atoms with E-state index in [1.807, 2.05) is 19.6 Å². The van der Waals surface area contributed by atoms with Gasteiger partial charge in [0.2, 0.25) is 5.71 Å². The van der Waals surface area contributed by atoms with Crippen molar-refractivity contribution < 1.29 is 22.4 Å². The Bertz CT molecular complexity index is 418. The van der Waals surface area contributed by atoms with Gasteiger partial charge in [0.1, 0.15) is 15.2 Å². The summed E-state index contributed by atoms with van der Waals surface area (Å²) >= 11 is 0. The third-order valence-corrected chi connectivity index (χ3v) is 3.78. The van der Waals surface area contributed by atoms with Crippen LogP contribution in [0.1, 0.15) is 5.76 Å². The van der Waals surface area contributed by atoms with E-state index in [-0.39, 0.29) is 5.76 Å². The van der Waals surface area contributed by atoms with E-state index in [9.17, 15) is 13.2 Å². The van der Waals surface area contributed by atoms with Gasteiger partial charge in [-0.2, -0.15) is 13.2 Å². The van der Waals surface area contributed by atoms with Crippen molar-refractivity contribution in [1.82, 2.24) is 0 Å². The maximum Gasteiger partial charge on any atom is 0.440 e. The minimum absolute atomic E-state index is 0.309.